The van der Waals surface area contributed by atoms with Gasteiger partial charge in [0.15, 0.2) is 0 Å². The number of nitrogens with zero attached hydrogens (tertiary/aromatic N) is 1. The normalized spacial score (nSPS) is 10.8. The monoisotopic (exact) mass is 376 g/mol. The molecule has 4 rings (SSSR count). The molecule has 26 heavy (non-hydrogen) atoms. The number of nitrogens with one attached hydrogen (secondary N) is 1. The smallest absolute Gasteiger partial charge is 0.255 e. The number of benzene rings is 3. The maximum absolute atomic E-state index is 12.7. The van der Waals surface area contributed by atoms with Gasteiger partial charge in [-0.2, -0.15) is 0 Å². The van der Waals surface area contributed by atoms with Gasteiger partial charge in [0, 0.05) is 16.0 Å². The van der Waals surface area contributed by atoms with Crippen molar-refractivity contribution in [1.29, 1.82) is 0 Å². The molecule has 0 saturated heterocycles. The van der Waals surface area contributed by atoms with E-state index < -0.39 is 0 Å². The van der Waals surface area contributed by atoms with Crippen LogP contribution in [-0.4, -0.2) is 17.1 Å². The molecule has 1 amide bonds. The minimum absolute atomic E-state index is 0.116. The first-order valence-corrected chi connectivity index (χ1v) is 10.2. The average molecular weight is 377 g/mol. The average Bonchev–Trinajstić information content (AvgIpc) is 3.12. The van der Waals surface area contributed by atoms with Crippen LogP contribution in [0.2, 0.25) is 0 Å². The van der Waals surface area contributed by atoms with Crippen LogP contribution in [0.1, 0.15) is 10.4 Å². The lowest BCUT2D eigenvalue weighted by Crippen LogP contribution is -2.12. The maximum Gasteiger partial charge on any atom is 0.255 e. The number of fused-ring (bicyclic) bond motifs is 1. The Balaban J connectivity index is 1.68. The first-order valence-electron chi connectivity index (χ1n) is 8.15. The van der Waals surface area contributed by atoms with Crippen LogP contribution in [0.5, 0.6) is 0 Å². The van der Waals surface area contributed by atoms with E-state index in [-0.39, 0.29) is 5.91 Å². The minimum atomic E-state index is -0.116. The van der Waals surface area contributed by atoms with E-state index in [9.17, 15) is 4.79 Å². The highest BCUT2D eigenvalue weighted by molar-refractivity contribution is 7.98. The Kier molecular flexibility index (Phi) is 4.73. The molecule has 0 aliphatic heterocycles. The van der Waals surface area contributed by atoms with Crippen molar-refractivity contribution in [2.75, 3.05) is 11.6 Å². The van der Waals surface area contributed by atoms with Gasteiger partial charge in [-0.25, -0.2) is 4.98 Å². The molecule has 0 aliphatic rings. The number of carbonyl (C=O) groups is 1. The van der Waals surface area contributed by atoms with Gasteiger partial charge in [-0.15, -0.1) is 23.1 Å². The summed E-state index contributed by atoms with van der Waals surface area (Å²) in [7, 11) is 0. The molecule has 0 fully saturated rings. The number of thiazole rings is 1. The van der Waals surface area contributed by atoms with Crippen molar-refractivity contribution in [3.8, 4) is 10.6 Å². The third-order valence-electron chi connectivity index (χ3n) is 4.03. The Bertz CT molecular complexity index is 1060. The van der Waals surface area contributed by atoms with Crippen molar-refractivity contribution in [3.63, 3.8) is 0 Å². The van der Waals surface area contributed by atoms with Crippen LogP contribution in [0.15, 0.2) is 77.7 Å². The summed E-state index contributed by atoms with van der Waals surface area (Å²) in [6, 6.07) is 23.5. The van der Waals surface area contributed by atoms with Crippen LogP contribution in [0, 0.1) is 0 Å². The Hall–Kier alpha value is -2.63. The highest BCUT2D eigenvalue weighted by Gasteiger charge is 2.13. The Labute approximate surface area is 160 Å². The molecule has 0 spiro atoms. The number of para-hydroxylation sites is 2. The van der Waals surface area contributed by atoms with Crippen LogP contribution in [0.25, 0.3) is 20.8 Å². The van der Waals surface area contributed by atoms with Gasteiger partial charge in [0.2, 0.25) is 0 Å². The van der Waals surface area contributed by atoms with Crippen molar-refractivity contribution >= 4 is 44.9 Å². The van der Waals surface area contributed by atoms with Crippen LogP contribution in [0.3, 0.4) is 0 Å². The molecular weight excluding hydrogens is 360 g/mol. The summed E-state index contributed by atoms with van der Waals surface area (Å²) in [4.78, 5) is 18.5. The predicted octanol–water partition coefficient (Wildman–Crippen LogP) is 5.94. The molecule has 128 valence electrons. The fourth-order valence-corrected chi connectivity index (χ4v) is 4.19. The van der Waals surface area contributed by atoms with Gasteiger partial charge in [0.25, 0.3) is 5.91 Å². The van der Waals surface area contributed by atoms with Crippen LogP contribution in [-0.2, 0) is 0 Å². The largest absolute Gasteiger partial charge is 0.321 e. The molecular formula is C21H16N2OS2. The van der Waals surface area contributed by atoms with E-state index in [0.29, 0.717) is 5.56 Å². The van der Waals surface area contributed by atoms with E-state index in [1.165, 1.54) is 0 Å². The zero-order valence-corrected chi connectivity index (χ0v) is 15.7. The van der Waals surface area contributed by atoms with Gasteiger partial charge < -0.3 is 5.32 Å². The number of hydrogen-bond donors (Lipinski definition) is 1. The number of hydrogen-bond acceptors (Lipinski definition) is 4. The van der Waals surface area contributed by atoms with Crippen LogP contribution >= 0.6 is 23.1 Å². The fourth-order valence-electron chi connectivity index (χ4n) is 2.72. The second kappa shape index (κ2) is 7.32. The molecule has 3 aromatic carbocycles. The topological polar surface area (TPSA) is 42.0 Å². The lowest BCUT2D eigenvalue weighted by molar-refractivity contribution is 0.102. The molecule has 0 saturated carbocycles. The lowest BCUT2D eigenvalue weighted by Gasteiger charge is -2.10. The summed E-state index contributed by atoms with van der Waals surface area (Å²) in [6.45, 7) is 0. The molecule has 0 bridgehead atoms. The van der Waals surface area contributed by atoms with Crippen LogP contribution in [0.4, 0.5) is 5.69 Å². The number of aromatic nitrogens is 1. The molecule has 5 heteroatoms. The summed E-state index contributed by atoms with van der Waals surface area (Å²) in [5.41, 5.74) is 3.33. The molecule has 0 unspecified atom stereocenters. The maximum atomic E-state index is 12.7. The minimum Gasteiger partial charge on any atom is -0.321 e. The lowest BCUT2D eigenvalue weighted by atomic mass is 10.1. The number of thioether (sulfide) groups is 1. The SMILES string of the molecule is CSc1cccc(C(=O)Nc2ccccc2-c2nc3ccccc3s2)c1. The Morgan fingerprint density at radius 3 is 2.65 bits per heavy atom. The van der Waals surface area contributed by atoms with Gasteiger partial charge in [-0.1, -0.05) is 30.3 Å². The second-order valence-electron chi connectivity index (χ2n) is 5.72. The Morgan fingerprint density at radius 1 is 1.00 bits per heavy atom. The van der Waals surface area contributed by atoms with Crippen molar-refractivity contribution in [1.82, 2.24) is 4.98 Å². The molecule has 3 nitrogen and oxygen atoms in total. The molecule has 1 aromatic heterocycles. The summed E-state index contributed by atoms with van der Waals surface area (Å²) in [6.07, 6.45) is 2.00. The number of amides is 1. The quantitative estimate of drug-likeness (QED) is 0.448. The summed E-state index contributed by atoms with van der Waals surface area (Å²) >= 11 is 3.25. The van der Waals surface area contributed by atoms with Crippen molar-refractivity contribution in [2.45, 2.75) is 4.90 Å². The summed E-state index contributed by atoms with van der Waals surface area (Å²) in [5, 5.41) is 3.94. The van der Waals surface area contributed by atoms with Gasteiger partial charge >= 0.3 is 0 Å². The highest BCUT2D eigenvalue weighted by atomic mass is 32.2. The first kappa shape index (κ1) is 16.8. The van der Waals surface area contributed by atoms with Crippen LogP contribution < -0.4 is 5.32 Å². The number of anilines is 1. The number of rotatable bonds is 4. The van der Waals surface area contributed by atoms with Crippen molar-refractivity contribution < 1.29 is 4.79 Å². The van der Waals surface area contributed by atoms with Gasteiger partial charge in [0.1, 0.15) is 5.01 Å². The Morgan fingerprint density at radius 2 is 1.81 bits per heavy atom. The zero-order chi connectivity index (χ0) is 17.9. The van der Waals surface area contributed by atoms with Gasteiger partial charge in [0.05, 0.1) is 15.9 Å². The van der Waals surface area contributed by atoms with Crippen molar-refractivity contribution in [3.05, 3.63) is 78.4 Å². The molecule has 0 radical (unpaired) electrons. The van der Waals surface area contributed by atoms with E-state index in [1.54, 1.807) is 23.1 Å². The third-order valence-corrected chi connectivity index (χ3v) is 5.83. The van der Waals surface area contributed by atoms with Crippen molar-refractivity contribution in [2.24, 2.45) is 0 Å². The third kappa shape index (κ3) is 3.36. The summed E-state index contributed by atoms with van der Waals surface area (Å²) < 4.78 is 1.14. The summed E-state index contributed by atoms with van der Waals surface area (Å²) in [5.74, 6) is -0.116. The molecule has 0 aliphatic carbocycles. The number of carbonyl (C=O) groups excluding carboxylic acids is 1. The fraction of sp³-hybridized carbons (Fsp3) is 0.0476. The molecule has 0 atom stereocenters. The standard InChI is InChI=1S/C21H16N2OS2/c1-25-15-8-6-7-14(13-15)20(24)22-17-10-3-2-9-16(17)21-23-18-11-4-5-12-19(18)26-21/h2-13H,1H3,(H,22,24). The molecule has 1 heterocycles. The predicted molar refractivity (Wildman–Crippen MR) is 111 cm³/mol. The van der Waals surface area contributed by atoms with E-state index in [4.69, 9.17) is 4.98 Å². The molecule has 1 N–H and O–H groups in total. The van der Waals surface area contributed by atoms with E-state index in [1.807, 2.05) is 73.0 Å². The van der Waals surface area contributed by atoms with E-state index in [0.717, 1.165) is 31.4 Å². The van der Waals surface area contributed by atoms with E-state index in [2.05, 4.69) is 11.4 Å². The molecule has 4 aromatic rings. The van der Waals surface area contributed by atoms with Gasteiger partial charge in [-0.3, -0.25) is 4.79 Å². The first-order chi connectivity index (χ1) is 12.7. The highest BCUT2D eigenvalue weighted by Crippen LogP contribution is 2.34. The van der Waals surface area contributed by atoms with E-state index >= 15 is 0 Å². The zero-order valence-electron chi connectivity index (χ0n) is 14.1. The van der Waals surface area contributed by atoms with Gasteiger partial charge in [-0.05, 0) is 48.7 Å². The second-order valence-corrected chi connectivity index (χ2v) is 7.63.